The molecule has 3 aromatic rings. The van der Waals surface area contributed by atoms with Crippen LogP contribution in [0, 0.1) is 10.8 Å². The van der Waals surface area contributed by atoms with E-state index < -0.39 is 41.4 Å². The minimum Gasteiger partial charge on any atom is -0.744 e. The fourth-order valence-electron chi connectivity index (χ4n) is 9.47. The summed E-state index contributed by atoms with van der Waals surface area (Å²) in [7, 11) is -8.59. The second kappa shape index (κ2) is 16.6. The monoisotopic (exact) mass is 826 g/mol. The second-order valence-electron chi connectivity index (χ2n) is 17.7. The summed E-state index contributed by atoms with van der Waals surface area (Å²) in [5, 5.41) is 11.5. The van der Waals surface area contributed by atoms with Crippen LogP contribution >= 0.6 is 0 Å². The fraction of sp³-hybridized carbons (Fsp3) is 0.581. The van der Waals surface area contributed by atoms with Crippen molar-refractivity contribution in [3.63, 3.8) is 0 Å². The van der Waals surface area contributed by atoms with Gasteiger partial charge < -0.3 is 28.6 Å². The van der Waals surface area contributed by atoms with Crippen molar-refractivity contribution in [3.8, 4) is 11.5 Å². The van der Waals surface area contributed by atoms with Crippen LogP contribution in [0.5, 0.6) is 11.5 Å². The molecular formula is C43H60N3O9S2-. The number of carbonyl (C=O) groups excluding carboxylic acids is 1. The lowest BCUT2D eigenvalue weighted by atomic mass is 9.69. The molecule has 0 saturated carbocycles. The van der Waals surface area contributed by atoms with Crippen molar-refractivity contribution < 1.29 is 50.0 Å². The first-order valence-corrected chi connectivity index (χ1v) is 23.1. The summed E-state index contributed by atoms with van der Waals surface area (Å²) < 4.78 is 90.2. The van der Waals surface area contributed by atoms with Gasteiger partial charge >= 0.3 is 0 Å². The Morgan fingerprint density at radius 2 is 1.51 bits per heavy atom. The van der Waals surface area contributed by atoms with Crippen LogP contribution in [-0.2, 0) is 45.0 Å². The van der Waals surface area contributed by atoms with Gasteiger partial charge in [-0.3, -0.25) is 0 Å². The van der Waals surface area contributed by atoms with Gasteiger partial charge in [0.1, 0.15) is 42.4 Å². The number of nitrogens with zero attached hydrogens (tertiary/aromatic N) is 2. The van der Waals surface area contributed by atoms with Crippen LogP contribution in [0.25, 0.3) is 11.6 Å². The number of hydrogen-bond donors (Lipinski definition) is 1. The minimum absolute atomic E-state index is 0.0577. The maximum absolute atomic E-state index is 13.3. The van der Waals surface area contributed by atoms with E-state index >= 15 is 0 Å². The van der Waals surface area contributed by atoms with E-state index in [9.17, 15) is 35.8 Å². The highest BCUT2D eigenvalue weighted by atomic mass is 32.2. The van der Waals surface area contributed by atoms with E-state index in [0.29, 0.717) is 71.1 Å². The fourth-order valence-corrected chi connectivity index (χ4v) is 11.2. The summed E-state index contributed by atoms with van der Waals surface area (Å²) in [6.07, 6.45) is 8.75. The third-order valence-electron chi connectivity index (χ3n) is 11.9. The molecule has 0 spiro atoms. The second-order valence-corrected chi connectivity index (χ2v) is 20.4. The SMILES string of the molecule is CC1CC(C)(C)Cc2c1cc1c(c2S(=O)(=O)[O-])Oc2c(S(=O)(=O)[O-])c3c(cc2=C1c1n(CCCCCC(=O)[O-])cc[n+]1C)C(C)CC(C)(C)C=3.CC[NH+](CC)CC. The van der Waals surface area contributed by atoms with Crippen molar-refractivity contribution >= 4 is 37.9 Å². The number of fused-ring (bicyclic) bond motifs is 4. The van der Waals surface area contributed by atoms with E-state index in [0.717, 1.165) is 6.42 Å². The van der Waals surface area contributed by atoms with Gasteiger partial charge in [0.15, 0.2) is 11.5 Å². The first-order valence-electron chi connectivity index (χ1n) is 20.3. The quantitative estimate of drug-likeness (QED) is 0.128. The molecule has 0 saturated heterocycles. The third-order valence-corrected chi connectivity index (χ3v) is 13.8. The molecule has 1 N–H and O–H groups in total. The van der Waals surface area contributed by atoms with Crippen LogP contribution in [0.15, 0.2) is 34.3 Å². The van der Waals surface area contributed by atoms with E-state index in [1.165, 1.54) is 19.6 Å². The molecule has 0 bridgehead atoms. The molecule has 1 aliphatic heterocycles. The Kier molecular flexibility index (Phi) is 13.0. The molecule has 2 atom stereocenters. The van der Waals surface area contributed by atoms with Crippen molar-refractivity contribution in [2.75, 3.05) is 19.6 Å². The first-order chi connectivity index (χ1) is 26.4. The Bertz CT molecular complexity index is 2390. The van der Waals surface area contributed by atoms with Crippen LogP contribution in [0.1, 0.15) is 141 Å². The Morgan fingerprint density at radius 3 is 2.07 bits per heavy atom. The lowest BCUT2D eigenvalue weighted by Gasteiger charge is -2.39. The topological polar surface area (TPSA) is 177 Å². The summed E-state index contributed by atoms with van der Waals surface area (Å²) in [5.41, 5.74) is 1.70. The minimum atomic E-state index is -5.21. The molecule has 0 radical (unpaired) electrons. The Hall–Kier alpha value is -3.56. The molecule has 2 aliphatic carbocycles. The highest BCUT2D eigenvalue weighted by Gasteiger charge is 2.41. The van der Waals surface area contributed by atoms with Crippen molar-refractivity contribution in [3.05, 3.63) is 63.0 Å². The van der Waals surface area contributed by atoms with Crippen LogP contribution in [-0.4, -0.2) is 56.1 Å². The highest BCUT2D eigenvalue weighted by Crippen LogP contribution is 2.51. The molecule has 12 nitrogen and oxygen atoms in total. The predicted molar refractivity (Wildman–Crippen MR) is 213 cm³/mol. The van der Waals surface area contributed by atoms with Crippen LogP contribution < -0.4 is 29.7 Å². The molecule has 14 heteroatoms. The van der Waals surface area contributed by atoms with Gasteiger partial charge in [0.25, 0.3) is 5.82 Å². The number of carbonyl (C=O) groups is 1. The molecule has 2 aromatic carbocycles. The van der Waals surface area contributed by atoms with E-state index in [1.54, 1.807) is 18.0 Å². The maximum Gasteiger partial charge on any atom is 0.290 e. The molecule has 0 amide bonds. The van der Waals surface area contributed by atoms with Crippen LogP contribution in [0.2, 0.25) is 0 Å². The number of benzene rings is 2. The molecule has 0 fully saturated rings. The highest BCUT2D eigenvalue weighted by molar-refractivity contribution is 7.86. The van der Waals surface area contributed by atoms with Gasteiger partial charge in [-0.05, 0) is 122 Å². The first kappa shape index (κ1) is 44.5. The molecule has 1 aromatic heterocycles. The van der Waals surface area contributed by atoms with Crippen molar-refractivity contribution in [1.29, 1.82) is 0 Å². The third kappa shape index (κ3) is 9.35. The lowest BCUT2D eigenvalue weighted by Crippen LogP contribution is -3.11. The van der Waals surface area contributed by atoms with Gasteiger partial charge in [-0.25, -0.2) is 26.0 Å². The molecule has 3 aliphatic rings. The van der Waals surface area contributed by atoms with Gasteiger partial charge in [0, 0.05) is 16.8 Å². The molecule has 57 heavy (non-hydrogen) atoms. The Labute approximate surface area is 338 Å². The Morgan fingerprint density at radius 1 is 0.895 bits per heavy atom. The van der Waals surface area contributed by atoms with E-state index in [-0.39, 0.29) is 46.8 Å². The summed E-state index contributed by atoms with van der Waals surface area (Å²) in [6.45, 7) is 22.8. The largest absolute Gasteiger partial charge is 0.744 e. The smallest absolute Gasteiger partial charge is 0.290 e. The number of rotatable bonds is 12. The molecule has 6 rings (SSSR count). The van der Waals surface area contributed by atoms with E-state index in [2.05, 4.69) is 20.8 Å². The maximum atomic E-state index is 13.3. The summed E-state index contributed by atoms with van der Waals surface area (Å²) >= 11 is 0. The number of ether oxygens (including phenoxy) is 1. The number of aromatic nitrogens is 2. The number of unbranched alkanes of at least 4 members (excludes halogenated alkanes) is 2. The van der Waals surface area contributed by atoms with E-state index in [1.807, 2.05) is 75.2 Å². The summed E-state index contributed by atoms with van der Waals surface area (Å²) in [6, 6.07) is 3.72. The van der Waals surface area contributed by atoms with Gasteiger partial charge in [0.05, 0.1) is 38.8 Å². The number of aliphatic carboxylic acids is 1. The normalized spacial score (nSPS) is 19.3. The number of quaternary nitrogens is 1. The van der Waals surface area contributed by atoms with Gasteiger partial charge in [-0.1, -0.05) is 47.6 Å². The van der Waals surface area contributed by atoms with Gasteiger partial charge in [0.2, 0.25) is 0 Å². The number of imidazole rings is 1. The predicted octanol–water partition coefficient (Wildman–Crippen LogP) is 3.10. The lowest BCUT2D eigenvalue weighted by molar-refractivity contribution is -0.894. The van der Waals surface area contributed by atoms with Crippen molar-refractivity contribution in [2.45, 2.75) is 135 Å². The average Bonchev–Trinajstić information content (AvgIpc) is 3.43. The number of nitrogens with one attached hydrogen (secondary N) is 1. The molecular weight excluding hydrogens is 767 g/mol. The molecule has 2 unspecified atom stereocenters. The number of carboxylic acids is 1. The van der Waals surface area contributed by atoms with E-state index in [4.69, 9.17) is 4.74 Å². The van der Waals surface area contributed by atoms with Gasteiger partial charge in [-0.15, -0.1) is 0 Å². The Balaban J connectivity index is 0.000000811. The zero-order chi connectivity index (χ0) is 42.4. The van der Waals surface area contributed by atoms with Gasteiger partial charge in [-0.2, -0.15) is 0 Å². The molecule has 2 heterocycles. The van der Waals surface area contributed by atoms with Crippen molar-refractivity contribution in [1.82, 2.24) is 4.57 Å². The summed E-state index contributed by atoms with van der Waals surface area (Å²) in [4.78, 5) is 11.6. The standard InChI is InChI=1S/C37H46N2O9S2.C6H15N/c1-21-17-36(3,4)19-27-23(21)15-25-30(35-38(7)13-14-39(35)12-10-8-9-11-29(40)41)26-16-24-22(2)18-37(5,6)20-28(24)34(50(45,46)47)32(26)48-31(25)33(27)49(42,43)44;1-4-7(5-2)6-3/h13-16,19,21-22H,8-12,17-18,20H2,1-7H3,(H2-,40,41,42,43,44,45,46,47);4-6H2,1-3H3/p-1. The van der Waals surface area contributed by atoms with Crippen LogP contribution in [0.3, 0.4) is 0 Å². The zero-order valence-corrected chi connectivity index (χ0v) is 36.8. The summed E-state index contributed by atoms with van der Waals surface area (Å²) in [5.74, 6) is -1.35. The zero-order valence-electron chi connectivity index (χ0n) is 35.2. The van der Waals surface area contributed by atoms with Crippen molar-refractivity contribution in [2.24, 2.45) is 17.9 Å². The number of carboxylic acid groups (broad SMARTS) is 1. The molecule has 314 valence electrons. The number of aryl methyl sites for hydroxylation is 2. The number of hydrogen-bond acceptors (Lipinski definition) is 9. The van der Waals surface area contributed by atoms with Crippen LogP contribution in [0.4, 0.5) is 0 Å². The average molecular weight is 827 g/mol.